The van der Waals surface area contributed by atoms with Crippen LogP contribution in [0.2, 0.25) is 0 Å². The van der Waals surface area contributed by atoms with Gasteiger partial charge >= 0.3 is 0 Å². The first-order chi connectivity index (χ1) is 12.1. The summed E-state index contributed by atoms with van der Waals surface area (Å²) in [7, 11) is 0. The van der Waals surface area contributed by atoms with Gasteiger partial charge in [0.15, 0.2) is 0 Å². The predicted molar refractivity (Wildman–Crippen MR) is 97.8 cm³/mol. The number of benzene rings is 2. The quantitative estimate of drug-likeness (QED) is 0.908. The first kappa shape index (κ1) is 17.3. The number of hydrogen-bond donors (Lipinski definition) is 1. The van der Waals surface area contributed by atoms with Crippen LogP contribution < -0.4 is 9.64 Å². The number of amides is 1. The lowest BCUT2D eigenvalue weighted by molar-refractivity contribution is -0.129. The minimum absolute atomic E-state index is 0.139. The molecule has 1 amide bonds. The Bertz CT molecular complexity index is 680. The van der Waals surface area contributed by atoms with Gasteiger partial charge in [0.1, 0.15) is 18.5 Å². The molecule has 0 bridgehead atoms. The highest BCUT2D eigenvalue weighted by molar-refractivity contribution is 5.73. The Morgan fingerprint density at radius 1 is 1.04 bits per heavy atom. The summed E-state index contributed by atoms with van der Waals surface area (Å²) < 4.78 is 5.69. The van der Waals surface area contributed by atoms with Crippen molar-refractivity contribution in [2.24, 2.45) is 0 Å². The zero-order valence-corrected chi connectivity index (χ0v) is 14.5. The number of ether oxygens (including phenoxy) is 1. The first-order valence-electron chi connectivity index (χ1n) is 8.60. The van der Waals surface area contributed by atoms with Crippen molar-refractivity contribution in [2.45, 2.75) is 13.0 Å². The van der Waals surface area contributed by atoms with E-state index >= 15 is 0 Å². The minimum atomic E-state index is -0.638. The van der Waals surface area contributed by atoms with Crippen LogP contribution >= 0.6 is 0 Å². The van der Waals surface area contributed by atoms with Gasteiger partial charge in [0.2, 0.25) is 5.91 Å². The number of hydrogen-bond acceptors (Lipinski definition) is 4. The molecule has 0 aliphatic carbocycles. The lowest BCUT2D eigenvalue weighted by Crippen LogP contribution is -2.48. The number of aliphatic hydroxyl groups is 1. The second kappa shape index (κ2) is 8.03. The van der Waals surface area contributed by atoms with Gasteiger partial charge in [-0.1, -0.05) is 30.3 Å². The Balaban J connectivity index is 1.52. The molecule has 25 heavy (non-hydrogen) atoms. The van der Waals surface area contributed by atoms with Gasteiger partial charge in [-0.05, 0) is 29.8 Å². The molecular weight excluding hydrogens is 316 g/mol. The highest BCUT2D eigenvalue weighted by Crippen LogP contribution is 2.22. The molecule has 3 rings (SSSR count). The van der Waals surface area contributed by atoms with Crippen LogP contribution in [0, 0.1) is 0 Å². The second-order valence-corrected chi connectivity index (χ2v) is 6.22. The summed E-state index contributed by atoms with van der Waals surface area (Å²) >= 11 is 0. The molecule has 1 saturated heterocycles. The number of carbonyl (C=O) groups excluding carboxylic acids is 1. The van der Waals surface area contributed by atoms with E-state index in [-0.39, 0.29) is 12.5 Å². The molecule has 1 aliphatic heterocycles. The van der Waals surface area contributed by atoms with Crippen LogP contribution in [0.5, 0.6) is 5.75 Å². The molecule has 0 spiro atoms. The Morgan fingerprint density at radius 2 is 1.68 bits per heavy atom. The Kier molecular flexibility index (Phi) is 5.56. The minimum Gasteiger partial charge on any atom is -0.491 e. The largest absolute Gasteiger partial charge is 0.491 e. The zero-order chi connectivity index (χ0) is 17.6. The summed E-state index contributed by atoms with van der Waals surface area (Å²) in [5.74, 6) is 0.876. The van der Waals surface area contributed by atoms with Crippen molar-refractivity contribution >= 4 is 11.6 Å². The molecule has 0 saturated carbocycles. The summed E-state index contributed by atoms with van der Waals surface area (Å²) in [4.78, 5) is 15.5. The topological polar surface area (TPSA) is 53.0 Å². The van der Waals surface area contributed by atoms with Crippen LogP contribution in [0.4, 0.5) is 5.69 Å². The van der Waals surface area contributed by atoms with Gasteiger partial charge in [0, 0.05) is 38.8 Å². The highest BCUT2D eigenvalue weighted by Gasteiger charge is 2.18. The standard InChI is InChI=1S/C20H24N2O3/c1-16(23)21-11-13-22(14-12-21)18-7-9-19(10-8-18)25-15-20(24)17-5-3-2-4-6-17/h2-10,20,24H,11-15H2,1H3. The van der Waals surface area contributed by atoms with Gasteiger partial charge in [-0.2, -0.15) is 0 Å². The number of aliphatic hydroxyl groups excluding tert-OH is 1. The zero-order valence-electron chi connectivity index (χ0n) is 14.5. The van der Waals surface area contributed by atoms with Gasteiger partial charge in [-0.25, -0.2) is 0 Å². The van der Waals surface area contributed by atoms with Crippen molar-refractivity contribution < 1.29 is 14.6 Å². The molecule has 1 N–H and O–H groups in total. The number of rotatable bonds is 5. The maximum atomic E-state index is 11.4. The summed E-state index contributed by atoms with van der Waals surface area (Å²) in [6.07, 6.45) is -0.638. The summed E-state index contributed by atoms with van der Waals surface area (Å²) in [6, 6.07) is 17.4. The van der Waals surface area contributed by atoms with Crippen LogP contribution in [0.1, 0.15) is 18.6 Å². The number of carbonyl (C=O) groups is 1. The Hall–Kier alpha value is -2.53. The van der Waals surface area contributed by atoms with Crippen molar-refractivity contribution in [3.8, 4) is 5.75 Å². The fourth-order valence-electron chi connectivity index (χ4n) is 2.98. The SMILES string of the molecule is CC(=O)N1CCN(c2ccc(OCC(O)c3ccccc3)cc2)CC1. The molecular formula is C20H24N2O3. The normalized spacial score (nSPS) is 15.8. The Morgan fingerprint density at radius 3 is 2.28 bits per heavy atom. The molecule has 132 valence electrons. The first-order valence-corrected chi connectivity index (χ1v) is 8.60. The summed E-state index contributed by atoms with van der Waals surface area (Å²) in [5.41, 5.74) is 1.97. The third-order valence-corrected chi connectivity index (χ3v) is 4.52. The fourth-order valence-corrected chi connectivity index (χ4v) is 2.98. The molecule has 0 radical (unpaired) electrons. The lowest BCUT2D eigenvalue weighted by Gasteiger charge is -2.35. The van der Waals surface area contributed by atoms with Crippen LogP contribution in [-0.4, -0.2) is 48.7 Å². The number of anilines is 1. The van der Waals surface area contributed by atoms with E-state index in [2.05, 4.69) is 4.90 Å². The molecule has 1 fully saturated rings. The van der Waals surface area contributed by atoms with Crippen molar-refractivity contribution in [3.63, 3.8) is 0 Å². The van der Waals surface area contributed by atoms with Gasteiger partial charge in [-0.3, -0.25) is 4.79 Å². The number of piperazine rings is 1. The maximum absolute atomic E-state index is 11.4. The van der Waals surface area contributed by atoms with E-state index in [0.717, 1.165) is 43.2 Å². The van der Waals surface area contributed by atoms with E-state index in [1.807, 2.05) is 59.5 Å². The number of nitrogens with zero attached hydrogens (tertiary/aromatic N) is 2. The van der Waals surface area contributed by atoms with Gasteiger partial charge in [0.25, 0.3) is 0 Å². The van der Waals surface area contributed by atoms with Crippen molar-refractivity contribution in [1.29, 1.82) is 0 Å². The van der Waals surface area contributed by atoms with Crippen molar-refractivity contribution in [2.75, 3.05) is 37.7 Å². The van der Waals surface area contributed by atoms with Crippen LogP contribution in [0.3, 0.4) is 0 Å². The summed E-state index contributed by atoms with van der Waals surface area (Å²) in [5, 5.41) is 10.1. The molecule has 5 heteroatoms. The van der Waals surface area contributed by atoms with Gasteiger partial charge in [-0.15, -0.1) is 0 Å². The Labute approximate surface area is 148 Å². The average Bonchev–Trinajstić information content (AvgIpc) is 2.67. The van der Waals surface area contributed by atoms with E-state index in [1.54, 1.807) is 6.92 Å². The van der Waals surface area contributed by atoms with E-state index < -0.39 is 6.10 Å². The van der Waals surface area contributed by atoms with E-state index in [1.165, 1.54) is 0 Å². The fraction of sp³-hybridized carbons (Fsp3) is 0.350. The highest BCUT2D eigenvalue weighted by atomic mass is 16.5. The molecule has 2 aromatic carbocycles. The molecule has 2 aromatic rings. The smallest absolute Gasteiger partial charge is 0.219 e. The average molecular weight is 340 g/mol. The monoisotopic (exact) mass is 340 g/mol. The molecule has 1 atom stereocenters. The third-order valence-electron chi connectivity index (χ3n) is 4.52. The molecule has 5 nitrogen and oxygen atoms in total. The molecule has 1 heterocycles. The van der Waals surface area contributed by atoms with Crippen molar-refractivity contribution in [1.82, 2.24) is 4.90 Å². The molecule has 1 unspecified atom stereocenters. The second-order valence-electron chi connectivity index (χ2n) is 6.22. The lowest BCUT2D eigenvalue weighted by atomic mass is 10.1. The predicted octanol–water partition coefficient (Wildman–Crippen LogP) is 2.47. The van der Waals surface area contributed by atoms with E-state index in [0.29, 0.717) is 0 Å². The van der Waals surface area contributed by atoms with Gasteiger partial charge < -0.3 is 19.6 Å². The van der Waals surface area contributed by atoms with Crippen LogP contribution in [0.15, 0.2) is 54.6 Å². The van der Waals surface area contributed by atoms with Crippen LogP contribution in [0.25, 0.3) is 0 Å². The van der Waals surface area contributed by atoms with E-state index in [4.69, 9.17) is 4.74 Å². The maximum Gasteiger partial charge on any atom is 0.219 e. The molecule has 0 aromatic heterocycles. The summed E-state index contributed by atoms with van der Waals surface area (Å²) in [6.45, 7) is 5.04. The molecule has 1 aliphatic rings. The van der Waals surface area contributed by atoms with Crippen molar-refractivity contribution in [3.05, 3.63) is 60.2 Å². The van der Waals surface area contributed by atoms with Crippen LogP contribution in [-0.2, 0) is 4.79 Å². The third kappa shape index (κ3) is 4.51. The van der Waals surface area contributed by atoms with Gasteiger partial charge in [0.05, 0.1) is 0 Å². The van der Waals surface area contributed by atoms with E-state index in [9.17, 15) is 9.90 Å².